The average Bonchev–Trinajstić information content (AvgIpc) is 2.38. The second kappa shape index (κ2) is 34.7. The third-order valence-electron chi connectivity index (χ3n) is 11.9. The smallest absolute Gasteiger partial charge is 0.261 e. The lowest BCUT2D eigenvalue weighted by atomic mass is 9.89. The first kappa shape index (κ1) is 74.8. The minimum absolute atomic E-state index is 0.0146. The fraction of sp³-hybridized carbons (Fsp3) is 0.311. The predicted molar refractivity (Wildman–Crippen MR) is 347 cm³/mol. The second-order valence-corrected chi connectivity index (χ2v) is 31.1. The first-order valence-corrected chi connectivity index (χ1v) is 36.6. The highest BCUT2D eigenvalue weighted by Crippen LogP contribution is 2.35. The van der Waals surface area contributed by atoms with Gasteiger partial charge in [-0.1, -0.05) is 187 Å². The number of benzene rings is 7. The molecule has 85 heavy (non-hydrogen) atoms. The second-order valence-electron chi connectivity index (χ2n) is 20.2. The van der Waals surface area contributed by atoms with E-state index in [1.807, 2.05) is 139 Å². The number of para-hydroxylation sites is 1. The fourth-order valence-corrected chi connectivity index (χ4v) is 12.2. The van der Waals surface area contributed by atoms with Crippen LogP contribution in [0.3, 0.4) is 0 Å². The van der Waals surface area contributed by atoms with Crippen LogP contribution in [-0.4, -0.2) is 84.2 Å². The first-order valence-electron chi connectivity index (χ1n) is 26.7. The molecule has 7 aromatic rings. The molecule has 0 aliphatic carbocycles. The van der Waals surface area contributed by atoms with E-state index in [1.54, 1.807) is 84.9 Å². The van der Waals surface area contributed by atoms with Gasteiger partial charge in [0, 0.05) is 12.2 Å². The number of anilines is 2. The monoisotopic (exact) mass is 1280 g/mol. The molecule has 24 heteroatoms. The molecule has 0 radical (unpaired) electrons. The van der Waals surface area contributed by atoms with Gasteiger partial charge >= 0.3 is 0 Å². The summed E-state index contributed by atoms with van der Waals surface area (Å²) < 4.78 is 151. The van der Waals surface area contributed by atoms with Crippen LogP contribution in [0.1, 0.15) is 104 Å². The van der Waals surface area contributed by atoms with E-state index >= 15 is 0 Å². The Hall–Kier alpha value is -6.32. The highest BCUT2D eigenvalue weighted by Gasteiger charge is 2.26. The van der Waals surface area contributed by atoms with Crippen LogP contribution in [0.25, 0.3) is 0 Å². The van der Waals surface area contributed by atoms with Crippen molar-refractivity contribution in [1.29, 1.82) is 0 Å². The zero-order chi connectivity index (χ0) is 64.4. The summed E-state index contributed by atoms with van der Waals surface area (Å²) in [7, 11) is -15.3. The Morgan fingerprint density at radius 3 is 1.08 bits per heavy atom. The maximum Gasteiger partial charge on any atom is 0.261 e. The van der Waals surface area contributed by atoms with E-state index < -0.39 is 60.1 Å². The summed E-state index contributed by atoms with van der Waals surface area (Å²) in [6.07, 6.45) is 2.21. The quantitative estimate of drug-likeness (QED) is 0.0468. The first-order chi connectivity index (χ1) is 39.5. The van der Waals surface area contributed by atoms with E-state index in [1.165, 1.54) is 26.7 Å². The summed E-state index contributed by atoms with van der Waals surface area (Å²) in [6.45, 7) is 18.6. The molecule has 0 spiro atoms. The van der Waals surface area contributed by atoms with Crippen molar-refractivity contribution in [3.05, 3.63) is 220 Å². The van der Waals surface area contributed by atoms with Crippen LogP contribution in [0.2, 0.25) is 0 Å². The van der Waals surface area contributed by atoms with Crippen molar-refractivity contribution in [2.75, 3.05) is 43.1 Å². The highest BCUT2D eigenvalue weighted by atomic mass is 32.2. The molecule has 7 aromatic carbocycles. The van der Waals surface area contributed by atoms with E-state index in [2.05, 4.69) is 42.2 Å². The predicted octanol–water partition coefficient (Wildman–Crippen LogP) is 10.5. The number of aryl methyl sites for hydroxylation is 3. The van der Waals surface area contributed by atoms with E-state index in [-0.39, 0.29) is 27.4 Å². The fourth-order valence-electron chi connectivity index (χ4n) is 7.39. The third-order valence-corrected chi connectivity index (χ3v) is 19.0. The van der Waals surface area contributed by atoms with Gasteiger partial charge in [0.05, 0.1) is 38.6 Å². The van der Waals surface area contributed by atoms with E-state index in [9.17, 15) is 50.5 Å². The molecule has 7 rings (SSSR count). The standard InChI is InChI=1S/C16H27NO2S.C15H17NO2S.C14H15NO2S.C12H11NO2S.2C2H7NO2S/c1-10(2)13-8-14(11(3)4)16(20(18,19)17-7)15(9-13)12(5)6;1-11-9-12(2)15(13(3)10-11)16-19(17,18)14-7-5-4-6-8-14;16-18(17,12-14-9-5-2-6-10-14)15-11-13-7-3-1-4-8-13;14-16(15,12-9-5-2-6-10-12)13-11-7-3-1-4-8-11;2*1-3-6(2,4)5/h8-12,17H,1-7H3;4-10,16H,1-3H3;1-10,15H,11-12H2;1-10,13H;2*3H,1-2H3. The van der Waals surface area contributed by atoms with Crippen molar-refractivity contribution in [3.8, 4) is 0 Å². The molecule has 0 bridgehead atoms. The lowest BCUT2D eigenvalue weighted by molar-refractivity contribution is 0.579. The van der Waals surface area contributed by atoms with Crippen LogP contribution in [0, 0.1) is 20.8 Å². The van der Waals surface area contributed by atoms with Crippen LogP contribution in [0.15, 0.2) is 191 Å². The van der Waals surface area contributed by atoms with E-state index in [0.717, 1.165) is 51.5 Å². The topological polar surface area (TPSA) is 277 Å². The molecule has 0 aromatic heterocycles. The molecule has 6 N–H and O–H groups in total. The molecule has 0 saturated carbocycles. The van der Waals surface area contributed by atoms with Gasteiger partial charge in [-0.3, -0.25) is 9.44 Å². The molecule has 0 atom stereocenters. The summed E-state index contributed by atoms with van der Waals surface area (Å²) >= 11 is 0. The van der Waals surface area contributed by atoms with Crippen LogP contribution in [0.5, 0.6) is 0 Å². The molecule has 0 fully saturated rings. The largest absolute Gasteiger partial charge is 0.280 e. The molecule has 466 valence electrons. The van der Waals surface area contributed by atoms with Gasteiger partial charge in [-0.15, -0.1) is 0 Å². The van der Waals surface area contributed by atoms with E-state index in [0.29, 0.717) is 28.7 Å². The van der Waals surface area contributed by atoms with Crippen molar-refractivity contribution in [3.63, 3.8) is 0 Å². The Kier molecular flexibility index (Phi) is 30.6. The van der Waals surface area contributed by atoms with Crippen LogP contribution >= 0.6 is 0 Å². The Balaban J connectivity index is 0.000000363. The minimum atomic E-state index is -3.52. The highest BCUT2D eigenvalue weighted by molar-refractivity contribution is 7.93. The van der Waals surface area contributed by atoms with Crippen LogP contribution in [0.4, 0.5) is 11.4 Å². The molecular weight excluding hydrogens is 1200 g/mol. The Morgan fingerprint density at radius 2 is 0.741 bits per heavy atom. The molecule has 0 unspecified atom stereocenters. The molecule has 0 saturated heterocycles. The Labute approximate surface area is 508 Å². The number of hydrogen-bond donors (Lipinski definition) is 6. The lowest BCUT2D eigenvalue weighted by Crippen LogP contribution is -2.24. The lowest BCUT2D eigenvalue weighted by Gasteiger charge is -2.22. The minimum Gasteiger partial charge on any atom is -0.280 e. The van der Waals surface area contributed by atoms with Crippen molar-refractivity contribution in [2.45, 2.75) is 107 Å². The van der Waals surface area contributed by atoms with Crippen molar-refractivity contribution in [1.82, 2.24) is 18.9 Å². The van der Waals surface area contributed by atoms with Gasteiger partial charge in [0.1, 0.15) is 0 Å². The summed E-state index contributed by atoms with van der Waals surface area (Å²) in [4.78, 5) is 1.00. The molecule has 0 heterocycles. The van der Waals surface area contributed by atoms with Gasteiger partial charge in [0.2, 0.25) is 40.1 Å². The van der Waals surface area contributed by atoms with Crippen molar-refractivity contribution < 1.29 is 50.5 Å². The SMILES string of the molecule is CNS(=O)(=O)c1c(C(C)C)cc(C(C)C)cc1C(C)C.CNS(C)(=O)=O.CNS(C)(=O)=O.Cc1cc(C)c(NS(=O)(=O)c2ccccc2)c(C)c1.O=S(=O)(Cc1ccccc1)NCc1ccccc1.O=S(=O)(Nc1ccccc1)c1ccccc1. The van der Waals surface area contributed by atoms with Gasteiger partial charge in [-0.05, 0) is 135 Å². The molecule has 0 amide bonds. The zero-order valence-electron chi connectivity index (χ0n) is 50.7. The maximum absolute atomic E-state index is 12.4. The normalized spacial score (nSPS) is 11.6. The summed E-state index contributed by atoms with van der Waals surface area (Å²) in [5.41, 5.74) is 8.97. The van der Waals surface area contributed by atoms with Gasteiger partial charge in [0.15, 0.2) is 0 Å². The zero-order valence-corrected chi connectivity index (χ0v) is 55.6. The summed E-state index contributed by atoms with van der Waals surface area (Å²) in [5.74, 6) is 0.741. The number of rotatable bonds is 18. The molecule has 18 nitrogen and oxygen atoms in total. The maximum atomic E-state index is 12.4. The average molecular weight is 1290 g/mol. The Bertz CT molecular complexity index is 3780. The number of nitrogens with one attached hydrogen (secondary N) is 6. The summed E-state index contributed by atoms with van der Waals surface area (Å²) in [5, 5.41) is 0. The van der Waals surface area contributed by atoms with Gasteiger partial charge in [-0.2, -0.15) is 0 Å². The van der Waals surface area contributed by atoms with Gasteiger partial charge in [0.25, 0.3) is 20.0 Å². The van der Waals surface area contributed by atoms with Crippen LogP contribution < -0.4 is 28.3 Å². The van der Waals surface area contributed by atoms with E-state index in [4.69, 9.17) is 0 Å². The number of hydrogen-bond acceptors (Lipinski definition) is 12. The van der Waals surface area contributed by atoms with Crippen molar-refractivity contribution in [2.24, 2.45) is 0 Å². The molecular formula is C61H84N6O12S6. The third kappa shape index (κ3) is 28.2. The van der Waals surface area contributed by atoms with Gasteiger partial charge in [-0.25, -0.2) is 69.4 Å². The van der Waals surface area contributed by atoms with Crippen LogP contribution in [-0.2, 0) is 72.4 Å². The van der Waals surface area contributed by atoms with Gasteiger partial charge < -0.3 is 0 Å². The number of sulfonamides is 6. The molecule has 0 aliphatic heterocycles. The molecule has 0 aliphatic rings. The Morgan fingerprint density at radius 1 is 0.400 bits per heavy atom. The summed E-state index contributed by atoms with van der Waals surface area (Å²) in [6, 6.07) is 52.1. The van der Waals surface area contributed by atoms with Crippen molar-refractivity contribution >= 4 is 71.5 Å².